The van der Waals surface area contributed by atoms with Crippen molar-refractivity contribution in [3.05, 3.63) is 94.8 Å². The SMILES string of the molecule is CN(C)[C@@H]1CCN(c2ccc(N3CCc4cc(C#Cc5ccccc5)ccc4C3=O)cc2F)C1. The van der Waals surface area contributed by atoms with Crippen LogP contribution in [0.3, 0.4) is 0 Å². The van der Waals surface area contributed by atoms with E-state index in [0.717, 1.165) is 36.2 Å². The van der Waals surface area contributed by atoms with Crippen LogP contribution in [0.1, 0.15) is 33.5 Å². The van der Waals surface area contributed by atoms with Gasteiger partial charge in [-0.1, -0.05) is 30.0 Å². The molecular weight excluding hydrogens is 425 g/mol. The van der Waals surface area contributed by atoms with Crippen molar-refractivity contribution in [1.29, 1.82) is 0 Å². The molecule has 0 aromatic heterocycles. The third-order valence-corrected chi connectivity index (χ3v) is 6.79. The number of amides is 1. The lowest BCUT2D eigenvalue weighted by molar-refractivity contribution is 0.0980. The van der Waals surface area contributed by atoms with Crippen LogP contribution < -0.4 is 9.80 Å². The second-order valence-corrected chi connectivity index (χ2v) is 9.18. The molecule has 1 fully saturated rings. The largest absolute Gasteiger partial charge is 0.368 e. The van der Waals surface area contributed by atoms with Gasteiger partial charge in [-0.15, -0.1) is 0 Å². The number of hydrogen-bond donors (Lipinski definition) is 0. The number of rotatable bonds is 3. The molecule has 5 heteroatoms. The summed E-state index contributed by atoms with van der Waals surface area (Å²) in [5.41, 5.74) is 4.71. The van der Waals surface area contributed by atoms with Crippen LogP contribution in [-0.2, 0) is 6.42 Å². The zero-order valence-electron chi connectivity index (χ0n) is 19.6. The van der Waals surface area contributed by atoms with E-state index in [9.17, 15) is 4.79 Å². The molecule has 5 rings (SSSR count). The predicted octanol–water partition coefficient (Wildman–Crippen LogP) is 4.57. The summed E-state index contributed by atoms with van der Waals surface area (Å²) in [6.07, 6.45) is 1.73. The maximum atomic E-state index is 15.1. The Labute approximate surface area is 200 Å². The lowest BCUT2D eigenvalue weighted by Crippen LogP contribution is -2.37. The van der Waals surface area contributed by atoms with E-state index in [1.165, 1.54) is 6.07 Å². The van der Waals surface area contributed by atoms with Gasteiger partial charge in [0.1, 0.15) is 5.82 Å². The number of carbonyl (C=O) groups is 1. The summed E-state index contributed by atoms with van der Waals surface area (Å²) in [6.45, 7) is 2.17. The van der Waals surface area contributed by atoms with Crippen molar-refractivity contribution in [2.45, 2.75) is 18.9 Å². The Morgan fingerprint density at radius 3 is 2.47 bits per heavy atom. The van der Waals surface area contributed by atoms with Gasteiger partial charge < -0.3 is 14.7 Å². The lowest BCUT2D eigenvalue weighted by Gasteiger charge is -2.29. The summed E-state index contributed by atoms with van der Waals surface area (Å²) >= 11 is 0. The molecule has 0 unspecified atom stereocenters. The van der Waals surface area contributed by atoms with Gasteiger partial charge in [0.2, 0.25) is 0 Å². The molecule has 0 spiro atoms. The van der Waals surface area contributed by atoms with Gasteiger partial charge in [0.25, 0.3) is 5.91 Å². The van der Waals surface area contributed by atoms with Gasteiger partial charge in [0.15, 0.2) is 0 Å². The number of benzene rings is 3. The maximum Gasteiger partial charge on any atom is 0.258 e. The number of likely N-dealkylation sites (N-methyl/N-ethyl adjacent to an activating group) is 1. The van der Waals surface area contributed by atoms with Crippen LogP contribution in [0.25, 0.3) is 0 Å². The minimum atomic E-state index is -0.276. The average Bonchev–Trinajstić information content (AvgIpc) is 3.34. The van der Waals surface area contributed by atoms with E-state index in [2.05, 4.69) is 35.7 Å². The first-order chi connectivity index (χ1) is 16.5. The zero-order valence-corrected chi connectivity index (χ0v) is 19.6. The van der Waals surface area contributed by atoms with Gasteiger partial charge in [-0.3, -0.25) is 4.79 Å². The van der Waals surface area contributed by atoms with E-state index in [1.54, 1.807) is 4.90 Å². The Balaban J connectivity index is 1.33. The molecule has 2 aliphatic heterocycles. The Bertz CT molecular complexity index is 1280. The highest BCUT2D eigenvalue weighted by Gasteiger charge is 2.28. The van der Waals surface area contributed by atoms with E-state index >= 15 is 4.39 Å². The fraction of sp³-hybridized carbons (Fsp3) is 0.276. The topological polar surface area (TPSA) is 26.8 Å². The van der Waals surface area contributed by atoms with Gasteiger partial charge in [-0.2, -0.15) is 0 Å². The molecule has 0 aliphatic carbocycles. The van der Waals surface area contributed by atoms with Crippen molar-refractivity contribution in [3.8, 4) is 11.8 Å². The highest BCUT2D eigenvalue weighted by Crippen LogP contribution is 2.31. The molecular formula is C29H28FN3O. The smallest absolute Gasteiger partial charge is 0.258 e. The van der Waals surface area contributed by atoms with E-state index in [-0.39, 0.29) is 11.7 Å². The average molecular weight is 454 g/mol. The van der Waals surface area contributed by atoms with E-state index in [0.29, 0.717) is 35.9 Å². The lowest BCUT2D eigenvalue weighted by atomic mass is 9.96. The van der Waals surface area contributed by atoms with Gasteiger partial charge in [0.05, 0.1) is 5.69 Å². The molecule has 3 aromatic carbocycles. The quantitative estimate of drug-likeness (QED) is 0.544. The van der Waals surface area contributed by atoms with Crippen molar-refractivity contribution in [2.24, 2.45) is 0 Å². The number of fused-ring (bicyclic) bond motifs is 1. The number of nitrogens with zero attached hydrogens (tertiary/aromatic N) is 3. The van der Waals surface area contributed by atoms with Crippen LogP contribution in [0, 0.1) is 17.7 Å². The van der Waals surface area contributed by atoms with Crippen molar-refractivity contribution in [2.75, 3.05) is 43.5 Å². The highest BCUT2D eigenvalue weighted by molar-refractivity contribution is 6.08. The van der Waals surface area contributed by atoms with Gasteiger partial charge in [-0.25, -0.2) is 4.39 Å². The predicted molar refractivity (Wildman–Crippen MR) is 135 cm³/mol. The van der Waals surface area contributed by atoms with Crippen LogP contribution in [-0.4, -0.2) is 50.6 Å². The second-order valence-electron chi connectivity index (χ2n) is 9.18. The third kappa shape index (κ3) is 4.42. The fourth-order valence-corrected chi connectivity index (χ4v) is 4.78. The van der Waals surface area contributed by atoms with Crippen LogP contribution in [0.4, 0.5) is 15.8 Å². The Kier molecular flexibility index (Phi) is 6.08. The van der Waals surface area contributed by atoms with Gasteiger partial charge in [0, 0.05) is 48.1 Å². The minimum absolute atomic E-state index is 0.0928. The van der Waals surface area contributed by atoms with Gasteiger partial charge in [-0.05, 0) is 81.0 Å². The molecule has 1 amide bonds. The fourth-order valence-electron chi connectivity index (χ4n) is 4.78. The summed E-state index contributed by atoms with van der Waals surface area (Å²) in [7, 11) is 4.12. The van der Waals surface area contributed by atoms with E-state index in [4.69, 9.17) is 0 Å². The van der Waals surface area contributed by atoms with Crippen LogP contribution in [0.15, 0.2) is 66.7 Å². The van der Waals surface area contributed by atoms with Gasteiger partial charge >= 0.3 is 0 Å². The summed E-state index contributed by atoms with van der Waals surface area (Å²) in [5, 5.41) is 0. The molecule has 172 valence electrons. The Morgan fingerprint density at radius 1 is 0.941 bits per heavy atom. The number of carbonyl (C=O) groups excluding carboxylic acids is 1. The molecule has 2 heterocycles. The molecule has 2 aliphatic rings. The molecule has 34 heavy (non-hydrogen) atoms. The second kappa shape index (κ2) is 9.32. The van der Waals surface area contributed by atoms with Crippen molar-refractivity contribution in [3.63, 3.8) is 0 Å². The zero-order chi connectivity index (χ0) is 23.7. The summed E-state index contributed by atoms with van der Waals surface area (Å²) < 4.78 is 15.1. The molecule has 1 saturated heterocycles. The van der Waals surface area contributed by atoms with E-state index in [1.807, 2.05) is 60.7 Å². The normalized spacial score (nSPS) is 17.5. The summed E-state index contributed by atoms with van der Waals surface area (Å²) in [4.78, 5) is 19.2. The first-order valence-electron chi connectivity index (χ1n) is 11.7. The van der Waals surface area contributed by atoms with Crippen LogP contribution >= 0.6 is 0 Å². The van der Waals surface area contributed by atoms with Crippen LogP contribution in [0.5, 0.6) is 0 Å². The monoisotopic (exact) mass is 453 g/mol. The Hall–Kier alpha value is -3.62. The standard InChI is InChI=1S/C29H28FN3O/c1-31(2)25-15-16-32(20-25)28-13-11-24(19-27(28)30)33-17-14-23-18-22(10-12-26(23)29(33)34)9-8-21-6-4-3-5-7-21/h3-7,10-13,18-19,25H,14-17,20H2,1-2H3/t25-/m1/s1. The first-order valence-corrected chi connectivity index (χ1v) is 11.7. The summed E-state index contributed by atoms with van der Waals surface area (Å²) in [5.74, 6) is 5.98. The third-order valence-electron chi connectivity index (χ3n) is 6.79. The molecule has 0 saturated carbocycles. The van der Waals surface area contributed by atoms with Crippen molar-refractivity contribution < 1.29 is 9.18 Å². The Morgan fingerprint density at radius 2 is 1.74 bits per heavy atom. The van der Waals surface area contributed by atoms with Crippen molar-refractivity contribution in [1.82, 2.24) is 4.90 Å². The van der Waals surface area contributed by atoms with Crippen molar-refractivity contribution >= 4 is 17.3 Å². The number of halogens is 1. The maximum absolute atomic E-state index is 15.1. The first kappa shape index (κ1) is 22.2. The number of anilines is 2. The molecule has 3 aromatic rings. The minimum Gasteiger partial charge on any atom is -0.368 e. The molecule has 1 atom stereocenters. The molecule has 0 N–H and O–H groups in total. The molecule has 0 bridgehead atoms. The molecule has 0 radical (unpaired) electrons. The number of hydrogen-bond acceptors (Lipinski definition) is 3. The van der Waals surface area contributed by atoms with E-state index < -0.39 is 0 Å². The van der Waals surface area contributed by atoms with Crippen LogP contribution in [0.2, 0.25) is 0 Å². The summed E-state index contributed by atoms with van der Waals surface area (Å²) in [6, 6.07) is 21.2. The molecule has 4 nitrogen and oxygen atoms in total. The highest BCUT2D eigenvalue weighted by atomic mass is 19.1.